The highest BCUT2D eigenvalue weighted by Crippen LogP contribution is 2.34. The van der Waals surface area contributed by atoms with E-state index >= 15 is 0 Å². The predicted molar refractivity (Wildman–Crippen MR) is 116 cm³/mol. The van der Waals surface area contributed by atoms with E-state index in [0.29, 0.717) is 23.8 Å². The molecule has 2 heterocycles. The van der Waals surface area contributed by atoms with Crippen molar-refractivity contribution in [3.05, 3.63) is 53.1 Å². The number of amides is 3. The molecule has 0 bridgehead atoms. The van der Waals surface area contributed by atoms with E-state index < -0.39 is 11.6 Å². The standard InChI is InChI=1S/C24H28N2O5/c1-15(2)19-7-6-18(11-16(19)3)29-10-9-26-22(27)24(4,25-23(26)28)13-17-5-8-20-21(12-17)31-14-30-20/h5-8,11-12,15H,9-10,13-14H2,1-4H3,(H,25,28). The van der Waals surface area contributed by atoms with E-state index in [4.69, 9.17) is 14.2 Å². The molecule has 0 radical (unpaired) electrons. The van der Waals surface area contributed by atoms with Crippen LogP contribution in [0.4, 0.5) is 4.79 Å². The number of benzene rings is 2. The van der Waals surface area contributed by atoms with Gasteiger partial charge in [-0.05, 0) is 60.7 Å². The number of aryl methyl sites for hydroxylation is 1. The molecule has 164 valence electrons. The van der Waals surface area contributed by atoms with Crippen LogP contribution in [0.5, 0.6) is 17.2 Å². The van der Waals surface area contributed by atoms with Crippen LogP contribution in [-0.4, -0.2) is 42.3 Å². The summed E-state index contributed by atoms with van der Waals surface area (Å²) >= 11 is 0. The van der Waals surface area contributed by atoms with Crippen LogP contribution in [0.2, 0.25) is 0 Å². The molecule has 2 aliphatic rings. The van der Waals surface area contributed by atoms with Crippen LogP contribution in [0.3, 0.4) is 0 Å². The van der Waals surface area contributed by atoms with E-state index in [2.05, 4.69) is 32.2 Å². The molecule has 0 spiro atoms. The molecule has 31 heavy (non-hydrogen) atoms. The summed E-state index contributed by atoms with van der Waals surface area (Å²) in [6, 6.07) is 11.1. The smallest absolute Gasteiger partial charge is 0.325 e. The van der Waals surface area contributed by atoms with Crippen LogP contribution in [0.15, 0.2) is 36.4 Å². The highest BCUT2D eigenvalue weighted by Gasteiger charge is 2.47. The summed E-state index contributed by atoms with van der Waals surface area (Å²) in [5, 5.41) is 2.83. The van der Waals surface area contributed by atoms with Crippen molar-refractivity contribution in [1.29, 1.82) is 0 Å². The zero-order valence-electron chi connectivity index (χ0n) is 18.4. The van der Waals surface area contributed by atoms with Gasteiger partial charge in [0.2, 0.25) is 6.79 Å². The summed E-state index contributed by atoms with van der Waals surface area (Å²) in [5.74, 6) is 2.26. The highest BCUT2D eigenvalue weighted by atomic mass is 16.7. The van der Waals surface area contributed by atoms with Gasteiger partial charge in [-0.2, -0.15) is 0 Å². The molecule has 1 saturated heterocycles. The van der Waals surface area contributed by atoms with Crippen LogP contribution in [0.1, 0.15) is 43.4 Å². The first-order valence-electron chi connectivity index (χ1n) is 10.5. The Labute approximate surface area is 182 Å². The lowest BCUT2D eigenvalue weighted by Gasteiger charge is -2.22. The van der Waals surface area contributed by atoms with Gasteiger partial charge in [0.15, 0.2) is 11.5 Å². The Morgan fingerprint density at radius 3 is 2.65 bits per heavy atom. The summed E-state index contributed by atoms with van der Waals surface area (Å²) in [6.07, 6.45) is 0.363. The maximum atomic E-state index is 13.0. The Balaban J connectivity index is 1.37. The first-order valence-corrected chi connectivity index (χ1v) is 10.5. The van der Waals surface area contributed by atoms with Gasteiger partial charge in [0, 0.05) is 6.42 Å². The lowest BCUT2D eigenvalue weighted by atomic mass is 9.92. The number of hydrogen-bond donors (Lipinski definition) is 1. The summed E-state index contributed by atoms with van der Waals surface area (Å²) < 4.78 is 16.5. The van der Waals surface area contributed by atoms with Crippen LogP contribution >= 0.6 is 0 Å². The van der Waals surface area contributed by atoms with E-state index in [-0.39, 0.29) is 25.9 Å². The quantitative estimate of drug-likeness (QED) is 0.685. The predicted octanol–water partition coefficient (Wildman–Crippen LogP) is 3.78. The molecule has 1 atom stereocenters. The zero-order valence-corrected chi connectivity index (χ0v) is 18.4. The molecule has 7 nitrogen and oxygen atoms in total. The Kier molecular flexibility index (Phi) is 5.52. The molecule has 1 fully saturated rings. The van der Waals surface area contributed by atoms with Crippen LogP contribution in [0.25, 0.3) is 0 Å². The van der Waals surface area contributed by atoms with Crippen LogP contribution in [-0.2, 0) is 11.2 Å². The van der Waals surface area contributed by atoms with Crippen molar-refractivity contribution in [3.8, 4) is 17.2 Å². The molecular formula is C24H28N2O5. The lowest BCUT2D eigenvalue weighted by Crippen LogP contribution is -2.46. The minimum absolute atomic E-state index is 0.187. The monoisotopic (exact) mass is 424 g/mol. The second kappa shape index (κ2) is 8.13. The number of ether oxygens (including phenoxy) is 3. The van der Waals surface area contributed by atoms with Gasteiger partial charge < -0.3 is 19.5 Å². The number of imide groups is 1. The number of carbonyl (C=O) groups is 2. The van der Waals surface area contributed by atoms with E-state index in [1.165, 1.54) is 16.0 Å². The van der Waals surface area contributed by atoms with Gasteiger partial charge >= 0.3 is 6.03 Å². The van der Waals surface area contributed by atoms with E-state index in [1.54, 1.807) is 6.92 Å². The second-order valence-corrected chi connectivity index (χ2v) is 8.60. The van der Waals surface area contributed by atoms with Crippen LogP contribution < -0.4 is 19.5 Å². The van der Waals surface area contributed by atoms with Gasteiger partial charge in [0.1, 0.15) is 17.9 Å². The first kappa shape index (κ1) is 21.0. The Hall–Kier alpha value is -3.22. The van der Waals surface area contributed by atoms with Gasteiger partial charge in [0.25, 0.3) is 5.91 Å². The number of carbonyl (C=O) groups excluding carboxylic acids is 2. The van der Waals surface area contributed by atoms with Gasteiger partial charge in [-0.1, -0.05) is 26.0 Å². The summed E-state index contributed by atoms with van der Waals surface area (Å²) in [5.41, 5.74) is 2.32. The minimum Gasteiger partial charge on any atom is -0.492 e. The van der Waals surface area contributed by atoms with Crippen molar-refractivity contribution < 1.29 is 23.8 Å². The fraction of sp³-hybridized carbons (Fsp3) is 0.417. The lowest BCUT2D eigenvalue weighted by molar-refractivity contribution is -0.131. The van der Waals surface area contributed by atoms with Crippen molar-refractivity contribution in [2.24, 2.45) is 0 Å². The summed E-state index contributed by atoms with van der Waals surface area (Å²) in [7, 11) is 0. The van der Waals surface area contributed by atoms with Gasteiger partial charge in [-0.25, -0.2) is 4.79 Å². The third-order valence-corrected chi connectivity index (χ3v) is 5.79. The number of fused-ring (bicyclic) bond motifs is 1. The molecule has 3 amide bonds. The first-order chi connectivity index (χ1) is 14.8. The molecule has 0 saturated carbocycles. The molecule has 1 unspecified atom stereocenters. The second-order valence-electron chi connectivity index (χ2n) is 8.60. The molecule has 2 aliphatic heterocycles. The fourth-order valence-electron chi connectivity index (χ4n) is 4.17. The van der Waals surface area contributed by atoms with Crippen molar-refractivity contribution in [2.75, 3.05) is 19.9 Å². The highest BCUT2D eigenvalue weighted by molar-refractivity contribution is 6.07. The van der Waals surface area contributed by atoms with Crippen molar-refractivity contribution in [2.45, 2.75) is 45.6 Å². The average Bonchev–Trinajstić information content (AvgIpc) is 3.25. The molecule has 0 aromatic heterocycles. The van der Waals surface area contributed by atoms with E-state index in [0.717, 1.165) is 11.3 Å². The van der Waals surface area contributed by atoms with Gasteiger partial charge in [-0.15, -0.1) is 0 Å². The fourth-order valence-corrected chi connectivity index (χ4v) is 4.17. The normalized spacial score (nSPS) is 19.8. The molecular weight excluding hydrogens is 396 g/mol. The molecule has 4 rings (SSSR count). The van der Waals surface area contributed by atoms with Gasteiger partial charge in [-0.3, -0.25) is 9.69 Å². The van der Waals surface area contributed by atoms with Crippen LogP contribution in [0, 0.1) is 6.92 Å². The number of rotatable bonds is 7. The van der Waals surface area contributed by atoms with Crippen molar-refractivity contribution in [3.63, 3.8) is 0 Å². The van der Waals surface area contributed by atoms with Crippen molar-refractivity contribution in [1.82, 2.24) is 10.2 Å². The largest absolute Gasteiger partial charge is 0.492 e. The SMILES string of the molecule is Cc1cc(OCCN2C(=O)NC(C)(Cc3ccc4c(c3)OCO4)C2=O)ccc1C(C)C. The van der Waals surface area contributed by atoms with E-state index in [1.807, 2.05) is 30.3 Å². The average molecular weight is 424 g/mol. The Bertz CT molecular complexity index is 1020. The number of nitrogens with zero attached hydrogens (tertiary/aromatic N) is 1. The maximum Gasteiger partial charge on any atom is 0.325 e. The topological polar surface area (TPSA) is 77.1 Å². The Morgan fingerprint density at radius 1 is 1.13 bits per heavy atom. The van der Waals surface area contributed by atoms with E-state index in [9.17, 15) is 9.59 Å². The number of nitrogens with one attached hydrogen (secondary N) is 1. The third kappa shape index (κ3) is 4.17. The molecule has 7 heteroatoms. The maximum absolute atomic E-state index is 13.0. The summed E-state index contributed by atoms with van der Waals surface area (Å²) in [4.78, 5) is 26.7. The zero-order chi connectivity index (χ0) is 22.2. The Morgan fingerprint density at radius 2 is 1.90 bits per heavy atom. The molecule has 0 aliphatic carbocycles. The summed E-state index contributed by atoms with van der Waals surface area (Å²) in [6.45, 7) is 8.72. The molecule has 1 N–H and O–H groups in total. The molecule has 2 aromatic carbocycles. The van der Waals surface area contributed by atoms with Crippen molar-refractivity contribution >= 4 is 11.9 Å². The number of hydrogen-bond acceptors (Lipinski definition) is 5. The minimum atomic E-state index is -1.01. The van der Waals surface area contributed by atoms with Gasteiger partial charge in [0.05, 0.1) is 6.54 Å². The number of urea groups is 1. The third-order valence-electron chi connectivity index (χ3n) is 5.79. The molecule has 2 aromatic rings.